The van der Waals surface area contributed by atoms with Gasteiger partial charge in [-0.2, -0.15) is 0 Å². The molecular weight excluding hydrogens is 425 g/mol. The van der Waals surface area contributed by atoms with Gasteiger partial charge in [0.15, 0.2) is 0 Å². The summed E-state index contributed by atoms with van der Waals surface area (Å²) in [5.74, 6) is 0. The molecule has 5 heteroatoms. The van der Waals surface area contributed by atoms with Gasteiger partial charge in [0.25, 0.3) is 0 Å². The number of benzene rings is 1. The van der Waals surface area contributed by atoms with Crippen LogP contribution in [-0.2, 0) is 0 Å². The molecular formula is C9H4Br2INO. The molecule has 0 saturated heterocycles. The molecule has 14 heavy (non-hydrogen) atoms. The number of nitrogens with one attached hydrogen (secondary N) is 1. The molecule has 1 aromatic carbocycles. The Balaban J connectivity index is 3.09. The molecule has 0 unspecified atom stereocenters. The van der Waals surface area contributed by atoms with Gasteiger partial charge in [-0.25, -0.2) is 0 Å². The molecule has 0 fully saturated rings. The van der Waals surface area contributed by atoms with Crippen molar-refractivity contribution < 1.29 is 0 Å². The fourth-order valence-electron chi connectivity index (χ4n) is 1.24. The lowest BCUT2D eigenvalue weighted by atomic mass is 10.2. The smallest absolute Gasteiger partial charge is 0.203 e. The normalized spacial score (nSPS) is 10.8. The lowest BCUT2D eigenvalue weighted by molar-refractivity contribution is 1.35. The summed E-state index contributed by atoms with van der Waals surface area (Å²) in [4.78, 5) is 14.9. The van der Waals surface area contributed by atoms with Crippen LogP contribution < -0.4 is 5.43 Å². The summed E-state index contributed by atoms with van der Waals surface area (Å²) in [5, 5.41) is 0.686. The van der Waals surface area contributed by atoms with Gasteiger partial charge in [0, 0.05) is 15.1 Å². The van der Waals surface area contributed by atoms with E-state index in [1.165, 1.54) is 0 Å². The van der Waals surface area contributed by atoms with Crippen molar-refractivity contribution in [3.63, 3.8) is 0 Å². The first kappa shape index (κ1) is 10.6. The van der Waals surface area contributed by atoms with Crippen molar-refractivity contribution in [3.8, 4) is 0 Å². The van der Waals surface area contributed by atoms with Gasteiger partial charge in [0.1, 0.15) is 0 Å². The molecule has 72 valence electrons. The highest BCUT2D eigenvalue weighted by Gasteiger charge is 2.08. The Morgan fingerprint density at radius 3 is 2.57 bits per heavy atom. The Bertz CT molecular complexity index is 564. The number of pyridine rings is 1. The van der Waals surface area contributed by atoms with E-state index in [0.29, 0.717) is 8.96 Å². The lowest BCUT2D eigenvalue weighted by Crippen LogP contribution is -2.07. The third-order valence-electron chi connectivity index (χ3n) is 1.89. The van der Waals surface area contributed by atoms with Gasteiger partial charge in [-0.05, 0) is 66.6 Å². The Morgan fingerprint density at radius 2 is 1.86 bits per heavy atom. The molecule has 2 aromatic rings. The number of hydrogen-bond acceptors (Lipinski definition) is 1. The minimum atomic E-state index is 0.0486. The number of aromatic nitrogens is 1. The Labute approximate surface area is 110 Å². The number of aromatic amines is 1. The van der Waals surface area contributed by atoms with Crippen molar-refractivity contribution >= 4 is 65.4 Å². The zero-order valence-electron chi connectivity index (χ0n) is 6.77. The number of fused-ring (bicyclic) bond motifs is 1. The third kappa shape index (κ3) is 1.65. The second-order valence-electron chi connectivity index (χ2n) is 2.74. The quantitative estimate of drug-likeness (QED) is 0.638. The van der Waals surface area contributed by atoms with Crippen LogP contribution in [0.2, 0.25) is 0 Å². The average Bonchev–Trinajstić information content (AvgIpc) is 2.16. The van der Waals surface area contributed by atoms with Crippen molar-refractivity contribution in [2.45, 2.75) is 0 Å². The number of H-pyrrole nitrogens is 1. The zero-order chi connectivity index (χ0) is 10.3. The van der Waals surface area contributed by atoms with E-state index in [2.05, 4.69) is 36.8 Å². The number of hydrogen-bond donors (Lipinski definition) is 1. The molecule has 0 bridgehead atoms. The van der Waals surface area contributed by atoms with Gasteiger partial charge in [0.2, 0.25) is 5.43 Å². The van der Waals surface area contributed by atoms with E-state index >= 15 is 0 Å². The fraction of sp³-hybridized carbons (Fsp3) is 0. The monoisotopic (exact) mass is 427 g/mol. The van der Waals surface area contributed by atoms with Crippen molar-refractivity contribution in [1.82, 2.24) is 4.98 Å². The summed E-state index contributed by atoms with van der Waals surface area (Å²) in [6, 6.07) is 3.76. The predicted octanol–water partition coefficient (Wildman–Crippen LogP) is 3.66. The number of rotatable bonds is 0. The summed E-state index contributed by atoms with van der Waals surface area (Å²) in [6.45, 7) is 0. The predicted molar refractivity (Wildman–Crippen MR) is 72.7 cm³/mol. The van der Waals surface area contributed by atoms with Crippen molar-refractivity contribution in [3.05, 3.63) is 41.1 Å². The van der Waals surface area contributed by atoms with Crippen LogP contribution in [0.25, 0.3) is 10.9 Å². The first-order chi connectivity index (χ1) is 6.61. The standard InChI is InChI=1S/C9H4Br2INO/c10-4-1-2-5(11)8-7(4)9(14)6(12)3-13-8/h1-3H,(H,13,14). The molecule has 1 N–H and O–H groups in total. The molecule has 2 rings (SSSR count). The van der Waals surface area contributed by atoms with E-state index in [0.717, 1.165) is 14.5 Å². The van der Waals surface area contributed by atoms with Crippen molar-refractivity contribution in [2.75, 3.05) is 0 Å². The maximum Gasteiger partial charge on any atom is 0.203 e. The minimum absolute atomic E-state index is 0.0486. The molecule has 0 amide bonds. The van der Waals surface area contributed by atoms with E-state index in [-0.39, 0.29) is 5.43 Å². The molecule has 0 atom stereocenters. The topological polar surface area (TPSA) is 32.9 Å². The molecule has 1 heterocycles. The summed E-state index contributed by atoms with van der Waals surface area (Å²) < 4.78 is 2.40. The highest BCUT2D eigenvalue weighted by molar-refractivity contribution is 14.1. The van der Waals surface area contributed by atoms with E-state index < -0.39 is 0 Å². The summed E-state index contributed by atoms with van der Waals surface area (Å²) >= 11 is 8.79. The molecule has 0 radical (unpaired) electrons. The second-order valence-corrected chi connectivity index (χ2v) is 5.62. The summed E-state index contributed by atoms with van der Waals surface area (Å²) in [6.07, 6.45) is 1.71. The molecule has 1 aromatic heterocycles. The zero-order valence-corrected chi connectivity index (χ0v) is 12.1. The minimum Gasteiger partial charge on any atom is -0.359 e. The first-order valence-electron chi connectivity index (χ1n) is 3.76. The molecule has 0 spiro atoms. The third-order valence-corrected chi connectivity index (χ3v) is 4.01. The molecule has 0 aliphatic heterocycles. The van der Waals surface area contributed by atoms with Gasteiger partial charge in [-0.3, -0.25) is 4.79 Å². The fourth-order valence-corrected chi connectivity index (χ4v) is 2.62. The summed E-state index contributed by atoms with van der Waals surface area (Å²) in [7, 11) is 0. The second kappa shape index (κ2) is 3.94. The van der Waals surface area contributed by atoms with Crippen LogP contribution in [-0.4, -0.2) is 4.98 Å². The van der Waals surface area contributed by atoms with E-state index in [4.69, 9.17) is 0 Å². The van der Waals surface area contributed by atoms with E-state index in [1.807, 2.05) is 34.7 Å². The van der Waals surface area contributed by atoms with Gasteiger partial charge in [-0.15, -0.1) is 0 Å². The molecule has 0 saturated carbocycles. The molecule has 2 nitrogen and oxygen atoms in total. The maximum atomic E-state index is 11.8. The van der Waals surface area contributed by atoms with Crippen LogP contribution in [0.15, 0.2) is 32.1 Å². The van der Waals surface area contributed by atoms with E-state index in [9.17, 15) is 4.79 Å². The van der Waals surface area contributed by atoms with Crippen LogP contribution in [0.1, 0.15) is 0 Å². The average molecular weight is 429 g/mol. The molecule has 0 aliphatic rings. The van der Waals surface area contributed by atoms with Crippen LogP contribution in [0.5, 0.6) is 0 Å². The highest BCUT2D eigenvalue weighted by atomic mass is 127. The van der Waals surface area contributed by atoms with Crippen LogP contribution >= 0.6 is 54.5 Å². The Hall–Kier alpha value is 0.120. The van der Waals surface area contributed by atoms with Crippen molar-refractivity contribution in [2.24, 2.45) is 0 Å². The number of halogens is 3. The van der Waals surface area contributed by atoms with Crippen molar-refractivity contribution in [1.29, 1.82) is 0 Å². The lowest BCUT2D eigenvalue weighted by Gasteiger charge is -2.02. The van der Waals surface area contributed by atoms with Crippen LogP contribution in [0, 0.1) is 3.57 Å². The van der Waals surface area contributed by atoms with Gasteiger partial charge in [0.05, 0.1) is 14.5 Å². The van der Waals surface area contributed by atoms with Gasteiger partial charge >= 0.3 is 0 Å². The van der Waals surface area contributed by atoms with Gasteiger partial charge < -0.3 is 4.98 Å². The van der Waals surface area contributed by atoms with E-state index in [1.54, 1.807) is 6.20 Å². The SMILES string of the molecule is O=c1c(I)c[nH]c2c(Br)ccc(Br)c12. The van der Waals surface area contributed by atoms with Crippen LogP contribution in [0.3, 0.4) is 0 Å². The van der Waals surface area contributed by atoms with Gasteiger partial charge in [-0.1, -0.05) is 0 Å². The highest BCUT2D eigenvalue weighted by Crippen LogP contribution is 2.26. The Kier molecular flexibility index (Phi) is 2.99. The Morgan fingerprint density at radius 1 is 1.21 bits per heavy atom. The molecule has 0 aliphatic carbocycles. The summed E-state index contributed by atoms with van der Waals surface area (Å²) in [5.41, 5.74) is 0.873. The van der Waals surface area contributed by atoms with Crippen LogP contribution in [0.4, 0.5) is 0 Å². The maximum absolute atomic E-state index is 11.8. The first-order valence-corrected chi connectivity index (χ1v) is 6.42. The largest absolute Gasteiger partial charge is 0.359 e.